The van der Waals surface area contributed by atoms with Crippen LogP contribution in [0, 0.1) is 0 Å². The zero-order valence-corrected chi connectivity index (χ0v) is 15.5. The molecule has 1 amide bonds. The molecule has 0 saturated heterocycles. The molecule has 2 aromatic carbocycles. The smallest absolute Gasteiger partial charge is 0.255 e. The van der Waals surface area contributed by atoms with Gasteiger partial charge in [-0.3, -0.25) is 14.2 Å². The van der Waals surface area contributed by atoms with Crippen LogP contribution in [0.3, 0.4) is 0 Å². The molecule has 3 aromatic rings. The van der Waals surface area contributed by atoms with Crippen LogP contribution in [-0.2, 0) is 0 Å². The minimum atomic E-state index is -0.206. The van der Waals surface area contributed by atoms with Crippen LogP contribution >= 0.6 is 0 Å². The van der Waals surface area contributed by atoms with Crippen LogP contribution in [0.4, 0.5) is 0 Å². The molecular formula is C22H23N3O2. The Morgan fingerprint density at radius 3 is 2.22 bits per heavy atom. The van der Waals surface area contributed by atoms with Crippen LogP contribution in [0.25, 0.3) is 5.69 Å². The molecule has 0 spiro atoms. The van der Waals surface area contributed by atoms with Gasteiger partial charge in [-0.15, -0.1) is 0 Å². The number of hydrogen-bond donors (Lipinski definition) is 1. The number of rotatable bonds is 6. The lowest BCUT2D eigenvalue weighted by Gasteiger charge is -2.25. The lowest BCUT2D eigenvalue weighted by molar-refractivity contribution is 0.0941. The zero-order valence-electron chi connectivity index (χ0n) is 15.5. The lowest BCUT2D eigenvalue weighted by atomic mass is 10.1. The van der Waals surface area contributed by atoms with Crippen LogP contribution in [0.15, 0.2) is 83.8 Å². The van der Waals surface area contributed by atoms with Crippen molar-refractivity contribution in [3.8, 4) is 5.69 Å². The van der Waals surface area contributed by atoms with E-state index < -0.39 is 0 Å². The van der Waals surface area contributed by atoms with Crippen LogP contribution in [0.5, 0.6) is 0 Å². The predicted molar refractivity (Wildman–Crippen MR) is 107 cm³/mol. The third-order valence-electron chi connectivity index (χ3n) is 4.47. The molecule has 0 fully saturated rings. The van der Waals surface area contributed by atoms with Gasteiger partial charge in [-0.25, -0.2) is 0 Å². The Bertz CT molecular complexity index is 950. The number of carbonyl (C=O) groups is 1. The highest BCUT2D eigenvalue weighted by atomic mass is 16.2. The monoisotopic (exact) mass is 361 g/mol. The summed E-state index contributed by atoms with van der Waals surface area (Å²) in [7, 11) is 3.97. The Labute approximate surface area is 158 Å². The molecule has 0 aliphatic rings. The number of likely N-dealkylation sites (N-methyl/N-ethyl adjacent to an activating group) is 1. The molecule has 5 nitrogen and oxygen atoms in total. The summed E-state index contributed by atoms with van der Waals surface area (Å²) in [6.07, 6.45) is 1.58. The van der Waals surface area contributed by atoms with Gasteiger partial charge in [-0.1, -0.05) is 48.5 Å². The number of nitrogens with zero attached hydrogens (tertiary/aromatic N) is 2. The van der Waals surface area contributed by atoms with E-state index in [1.807, 2.05) is 74.8 Å². The molecule has 1 heterocycles. The summed E-state index contributed by atoms with van der Waals surface area (Å²) in [5, 5.41) is 2.98. The summed E-state index contributed by atoms with van der Waals surface area (Å²) in [4.78, 5) is 26.9. The Morgan fingerprint density at radius 1 is 0.963 bits per heavy atom. The van der Waals surface area contributed by atoms with Crippen LogP contribution in [-0.4, -0.2) is 36.0 Å². The third kappa shape index (κ3) is 4.51. The average Bonchev–Trinajstić information content (AvgIpc) is 2.69. The number of carbonyl (C=O) groups excluding carboxylic acids is 1. The number of amides is 1. The van der Waals surface area contributed by atoms with E-state index in [0.717, 1.165) is 11.3 Å². The van der Waals surface area contributed by atoms with Gasteiger partial charge < -0.3 is 10.2 Å². The first kappa shape index (κ1) is 18.6. The molecule has 0 bridgehead atoms. The van der Waals surface area contributed by atoms with Gasteiger partial charge in [0.25, 0.3) is 11.5 Å². The van der Waals surface area contributed by atoms with Crippen molar-refractivity contribution in [2.24, 2.45) is 0 Å². The summed E-state index contributed by atoms with van der Waals surface area (Å²) in [5.41, 5.74) is 2.14. The van der Waals surface area contributed by atoms with E-state index in [1.165, 1.54) is 10.6 Å². The third-order valence-corrected chi connectivity index (χ3v) is 4.47. The molecule has 27 heavy (non-hydrogen) atoms. The van der Waals surface area contributed by atoms with Gasteiger partial charge in [0.05, 0.1) is 11.6 Å². The highest BCUT2D eigenvalue weighted by Gasteiger charge is 2.16. The van der Waals surface area contributed by atoms with Gasteiger partial charge in [-0.05, 0) is 37.9 Å². The van der Waals surface area contributed by atoms with Gasteiger partial charge >= 0.3 is 0 Å². The summed E-state index contributed by atoms with van der Waals surface area (Å²) in [6.45, 7) is 0.473. The largest absolute Gasteiger partial charge is 0.350 e. The fraction of sp³-hybridized carbons (Fsp3) is 0.182. The first-order chi connectivity index (χ1) is 13.1. The SMILES string of the molecule is CN(C)C(CNC(=O)c1ccc(=O)n(-c2ccccc2)c1)c1ccccc1. The molecular weight excluding hydrogens is 338 g/mol. The molecule has 138 valence electrons. The number of benzene rings is 2. The zero-order chi connectivity index (χ0) is 19.2. The van der Waals surface area contributed by atoms with E-state index in [2.05, 4.69) is 10.2 Å². The van der Waals surface area contributed by atoms with Crippen molar-refractivity contribution in [3.63, 3.8) is 0 Å². The van der Waals surface area contributed by atoms with Crippen molar-refractivity contribution >= 4 is 5.91 Å². The van der Waals surface area contributed by atoms with Crippen LogP contribution < -0.4 is 10.9 Å². The molecule has 1 N–H and O–H groups in total. The number of hydrogen-bond acceptors (Lipinski definition) is 3. The van der Waals surface area contributed by atoms with Gasteiger partial charge in [0.2, 0.25) is 0 Å². The molecule has 0 aliphatic carbocycles. The Hall–Kier alpha value is -3.18. The molecule has 0 radical (unpaired) electrons. The fourth-order valence-corrected chi connectivity index (χ4v) is 2.98. The van der Waals surface area contributed by atoms with Gasteiger partial charge in [0.15, 0.2) is 0 Å². The summed E-state index contributed by atoms with van der Waals surface area (Å²) in [6, 6.07) is 22.4. The maximum Gasteiger partial charge on any atom is 0.255 e. The van der Waals surface area contributed by atoms with E-state index >= 15 is 0 Å². The first-order valence-electron chi connectivity index (χ1n) is 8.84. The molecule has 0 saturated carbocycles. The van der Waals surface area contributed by atoms with E-state index in [4.69, 9.17) is 0 Å². The van der Waals surface area contributed by atoms with Crippen molar-refractivity contribution in [2.75, 3.05) is 20.6 Å². The minimum Gasteiger partial charge on any atom is -0.350 e. The minimum absolute atomic E-state index is 0.0650. The Balaban J connectivity index is 1.77. The van der Waals surface area contributed by atoms with E-state index in [1.54, 1.807) is 12.3 Å². The highest BCUT2D eigenvalue weighted by molar-refractivity contribution is 5.93. The predicted octanol–water partition coefficient (Wildman–Crippen LogP) is 2.87. The van der Waals surface area contributed by atoms with Crippen molar-refractivity contribution in [2.45, 2.75) is 6.04 Å². The van der Waals surface area contributed by atoms with E-state index in [0.29, 0.717) is 12.1 Å². The molecule has 1 unspecified atom stereocenters. The van der Waals surface area contributed by atoms with Crippen molar-refractivity contribution < 1.29 is 4.79 Å². The first-order valence-corrected chi connectivity index (χ1v) is 8.84. The Kier molecular flexibility index (Phi) is 5.84. The van der Waals surface area contributed by atoms with Crippen molar-refractivity contribution in [1.29, 1.82) is 0 Å². The molecule has 3 rings (SSSR count). The van der Waals surface area contributed by atoms with Crippen molar-refractivity contribution in [1.82, 2.24) is 14.8 Å². The maximum atomic E-state index is 12.7. The average molecular weight is 361 g/mol. The standard InChI is InChI=1S/C22H23N3O2/c1-24(2)20(17-9-5-3-6-10-17)15-23-22(27)18-13-14-21(26)25(16-18)19-11-7-4-8-12-19/h3-14,16,20H,15H2,1-2H3,(H,23,27). The van der Waals surface area contributed by atoms with Crippen molar-refractivity contribution in [3.05, 3.63) is 100 Å². The topological polar surface area (TPSA) is 54.3 Å². The number of pyridine rings is 1. The number of para-hydroxylation sites is 1. The van der Waals surface area contributed by atoms with Crippen LogP contribution in [0.2, 0.25) is 0 Å². The van der Waals surface area contributed by atoms with Gasteiger partial charge in [-0.2, -0.15) is 0 Å². The summed E-state index contributed by atoms with van der Waals surface area (Å²) in [5.74, 6) is -0.206. The van der Waals surface area contributed by atoms with Crippen LogP contribution in [0.1, 0.15) is 22.0 Å². The van der Waals surface area contributed by atoms with E-state index in [9.17, 15) is 9.59 Å². The summed E-state index contributed by atoms with van der Waals surface area (Å²) >= 11 is 0. The second-order valence-corrected chi connectivity index (χ2v) is 6.56. The highest BCUT2D eigenvalue weighted by Crippen LogP contribution is 2.17. The second-order valence-electron chi connectivity index (χ2n) is 6.56. The molecule has 0 aliphatic heterocycles. The number of aromatic nitrogens is 1. The molecule has 5 heteroatoms. The molecule has 1 aromatic heterocycles. The van der Waals surface area contributed by atoms with Gasteiger partial charge in [0, 0.05) is 24.5 Å². The normalized spacial score (nSPS) is 12.0. The fourth-order valence-electron chi connectivity index (χ4n) is 2.98. The lowest BCUT2D eigenvalue weighted by Crippen LogP contribution is -2.35. The van der Waals surface area contributed by atoms with E-state index in [-0.39, 0.29) is 17.5 Å². The maximum absolute atomic E-state index is 12.7. The van der Waals surface area contributed by atoms with Gasteiger partial charge in [0.1, 0.15) is 0 Å². The quantitative estimate of drug-likeness (QED) is 0.735. The number of nitrogens with one attached hydrogen (secondary N) is 1. The summed E-state index contributed by atoms with van der Waals surface area (Å²) < 4.78 is 1.48. The second kappa shape index (κ2) is 8.47. The molecule has 1 atom stereocenters. The Morgan fingerprint density at radius 2 is 1.59 bits per heavy atom.